The number of hydrogen-bond acceptors (Lipinski definition) is 5. The van der Waals surface area contributed by atoms with Gasteiger partial charge in [-0.3, -0.25) is 9.59 Å². The van der Waals surface area contributed by atoms with Gasteiger partial charge in [0.1, 0.15) is 11.9 Å². The van der Waals surface area contributed by atoms with Crippen molar-refractivity contribution in [2.75, 3.05) is 0 Å². The summed E-state index contributed by atoms with van der Waals surface area (Å²) >= 11 is 1.70. The summed E-state index contributed by atoms with van der Waals surface area (Å²) in [6, 6.07) is 22.2. The lowest BCUT2D eigenvalue weighted by molar-refractivity contribution is 0.0948. The lowest BCUT2D eigenvalue weighted by Crippen LogP contribution is -2.25. The molecule has 1 unspecified atom stereocenters. The Balaban J connectivity index is 1.27. The fraction of sp³-hybridized carbons (Fsp3) is 0.281. The maximum Gasteiger partial charge on any atom is 0.251 e. The molecule has 1 fully saturated rings. The number of nitrogens with zero attached hydrogens (tertiary/aromatic N) is 2. The molecule has 1 atom stereocenters. The predicted octanol–water partition coefficient (Wildman–Crippen LogP) is 6.41. The molecular weight excluding hydrogens is 506 g/mol. The van der Waals surface area contributed by atoms with Crippen molar-refractivity contribution in [3.63, 3.8) is 0 Å². The number of ether oxygens (including phenoxy) is 1. The summed E-state index contributed by atoms with van der Waals surface area (Å²) in [6.45, 7) is 0.622. The standard InChI is InChI=1S/C32H31N3O3S/c36-29-8-4-7-26-27(29)15-16-30(38-31(19-35-18-17-33-21-35)22-5-2-1-3-6-22)28(26)20-39-25-13-9-23(10-14-25)32(37)34-24-11-12-24/h1-3,5-6,9-10,13-18,21,24,31H,4,7-8,11-12,19-20H2,(H,34,37). The van der Waals surface area contributed by atoms with E-state index >= 15 is 0 Å². The Morgan fingerprint density at radius 1 is 1.05 bits per heavy atom. The molecule has 0 bridgehead atoms. The van der Waals surface area contributed by atoms with Crippen molar-refractivity contribution in [2.45, 2.75) is 61.4 Å². The molecule has 7 heteroatoms. The van der Waals surface area contributed by atoms with Crippen LogP contribution in [0.25, 0.3) is 0 Å². The molecule has 1 heterocycles. The van der Waals surface area contributed by atoms with Crippen molar-refractivity contribution in [1.29, 1.82) is 0 Å². The zero-order valence-corrected chi connectivity index (χ0v) is 22.5. The first-order valence-electron chi connectivity index (χ1n) is 13.5. The van der Waals surface area contributed by atoms with Crippen LogP contribution in [0.15, 0.2) is 90.3 Å². The van der Waals surface area contributed by atoms with E-state index in [1.807, 2.05) is 65.4 Å². The molecule has 0 radical (unpaired) electrons. The average molecular weight is 538 g/mol. The van der Waals surface area contributed by atoms with Gasteiger partial charge in [-0.15, -0.1) is 11.8 Å². The van der Waals surface area contributed by atoms with Gasteiger partial charge >= 0.3 is 0 Å². The number of hydrogen-bond donors (Lipinski definition) is 1. The summed E-state index contributed by atoms with van der Waals surface area (Å²) < 4.78 is 8.78. The summed E-state index contributed by atoms with van der Waals surface area (Å²) in [4.78, 5) is 30.4. The first-order chi connectivity index (χ1) is 19.1. The quantitative estimate of drug-likeness (QED) is 0.237. The summed E-state index contributed by atoms with van der Waals surface area (Å²) in [6.07, 6.45) is 9.76. The Kier molecular flexibility index (Phi) is 7.50. The van der Waals surface area contributed by atoms with Crippen LogP contribution in [-0.4, -0.2) is 27.3 Å². The van der Waals surface area contributed by atoms with Gasteiger partial charge < -0.3 is 14.6 Å². The molecular formula is C32H31N3O3S. The number of carbonyl (C=O) groups is 2. The van der Waals surface area contributed by atoms with Gasteiger partial charge in [0.25, 0.3) is 5.91 Å². The molecule has 198 valence electrons. The molecule has 6 nitrogen and oxygen atoms in total. The van der Waals surface area contributed by atoms with E-state index in [0.717, 1.165) is 58.6 Å². The van der Waals surface area contributed by atoms with E-state index in [9.17, 15) is 9.59 Å². The number of benzene rings is 3. The number of rotatable bonds is 10. The zero-order chi connectivity index (χ0) is 26.6. The van der Waals surface area contributed by atoms with Gasteiger partial charge in [-0.05, 0) is 73.2 Å². The minimum absolute atomic E-state index is 0.00905. The van der Waals surface area contributed by atoms with Crippen LogP contribution in [0.1, 0.15) is 69.2 Å². The number of thioether (sulfide) groups is 1. The van der Waals surface area contributed by atoms with Crippen molar-refractivity contribution < 1.29 is 14.3 Å². The highest BCUT2D eigenvalue weighted by Gasteiger charge is 2.25. The summed E-state index contributed by atoms with van der Waals surface area (Å²) in [7, 11) is 0. The second-order valence-corrected chi connectivity index (χ2v) is 11.2. The highest BCUT2D eigenvalue weighted by Crippen LogP contribution is 2.38. The van der Waals surface area contributed by atoms with Gasteiger partial charge in [-0.2, -0.15) is 0 Å². The van der Waals surface area contributed by atoms with Crippen LogP contribution in [0.2, 0.25) is 0 Å². The number of carbonyl (C=O) groups excluding carboxylic acids is 2. The summed E-state index contributed by atoms with van der Waals surface area (Å²) in [5.74, 6) is 1.68. The van der Waals surface area contributed by atoms with Crippen LogP contribution in [0.3, 0.4) is 0 Å². The Labute approximate surface area is 232 Å². The highest BCUT2D eigenvalue weighted by atomic mass is 32.2. The van der Waals surface area contributed by atoms with Crippen LogP contribution in [0, 0.1) is 0 Å². The maximum absolute atomic E-state index is 12.8. The van der Waals surface area contributed by atoms with Gasteiger partial charge in [0.05, 0.1) is 12.9 Å². The molecule has 4 aromatic rings. The van der Waals surface area contributed by atoms with E-state index in [1.165, 1.54) is 0 Å². The predicted molar refractivity (Wildman–Crippen MR) is 152 cm³/mol. The van der Waals surface area contributed by atoms with Gasteiger partial charge in [0.15, 0.2) is 5.78 Å². The largest absolute Gasteiger partial charge is 0.484 e. The number of Topliss-reactive ketones (excluding diaryl/α,β-unsaturated/α-hetero) is 1. The summed E-state index contributed by atoms with van der Waals surface area (Å²) in [5.41, 5.74) is 4.77. The maximum atomic E-state index is 12.8. The number of ketones is 1. The van der Waals surface area contributed by atoms with Crippen LogP contribution >= 0.6 is 11.8 Å². The third-order valence-corrected chi connectivity index (χ3v) is 8.35. The minimum Gasteiger partial charge on any atom is -0.484 e. The zero-order valence-electron chi connectivity index (χ0n) is 21.7. The molecule has 2 aliphatic carbocycles. The molecule has 6 rings (SSSR count). The number of aromatic nitrogens is 2. The second kappa shape index (κ2) is 11.5. The Morgan fingerprint density at radius 3 is 2.62 bits per heavy atom. The van der Waals surface area contributed by atoms with E-state index in [4.69, 9.17) is 4.74 Å². The Hall–Kier alpha value is -3.84. The normalized spacial score (nSPS) is 15.4. The van der Waals surface area contributed by atoms with Crippen molar-refractivity contribution in [3.05, 3.63) is 113 Å². The monoisotopic (exact) mass is 537 g/mol. The average Bonchev–Trinajstić information content (AvgIpc) is 3.63. The smallest absolute Gasteiger partial charge is 0.251 e. The molecule has 1 saturated carbocycles. The topological polar surface area (TPSA) is 73.2 Å². The van der Waals surface area contributed by atoms with Crippen molar-refractivity contribution >= 4 is 23.5 Å². The number of imidazole rings is 1. The SMILES string of the molecule is O=C(NC1CC1)c1ccc(SCc2c(OC(Cn3ccnc3)c3ccccc3)ccc3c2CCCC3=O)cc1. The van der Waals surface area contributed by atoms with Crippen LogP contribution in [0.5, 0.6) is 5.75 Å². The molecule has 0 aliphatic heterocycles. The number of amides is 1. The molecule has 3 aromatic carbocycles. The molecule has 0 saturated heterocycles. The molecule has 0 spiro atoms. The van der Waals surface area contributed by atoms with Gasteiger partial charge in [-0.25, -0.2) is 4.98 Å². The fourth-order valence-corrected chi connectivity index (χ4v) is 5.98. The third-order valence-electron chi connectivity index (χ3n) is 7.31. The lowest BCUT2D eigenvalue weighted by Gasteiger charge is -2.25. The summed E-state index contributed by atoms with van der Waals surface area (Å²) in [5, 5.41) is 3.04. The molecule has 1 N–H and O–H groups in total. The van der Waals surface area contributed by atoms with E-state index in [-0.39, 0.29) is 17.8 Å². The molecule has 1 amide bonds. The third kappa shape index (κ3) is 6.09. The lowest BCUT2D eigenvalue weighted by atomic mass is 9.87. The van der Waals surface area contributed by atoms with E-state index in [2.05, 4.69) is 22.4 Å². The number of fused-ring (bicyclic) bond motifs is 1. The van der Waals surface area contributed by atoms with Crippen molar-refractivity contribution in [2.24, 2.45) is 0 Å². The molecule has 1 aromatic heterocycles. The van der Waals surface area contributed by atoms with Crippen LogP contribution in [0.4, 0.5) is 0 Å². The first-order valence-corrected chi connectivity index (χ1v) is 14.5. The highest BCUT2D eigenvalue weighted by molar-refractivity contribution is 7.98. The van der Waals surface area contributed by atoms with E-state index in [0.29, 0.717) is 30.3 Å². The fourth-order valence-electron chi connectivity index (χ4n) is 5.02. The van der Waals surface area contributed by atoms with E-state index < -0.39 is 0 Å². The van der Waals surface area contributed by atoms with Gasteiger partial charge in [0, 0.05) is 52.2 Å². The van der Waals surface area contributed by atoms with E-state index in [1.54, 1.807) is 24.3 Å². The molecule has 39 heavy (non-hydrogen) atoms. The first kappa shape index (κ1) is 25.4. The second-order valence-electron chi connectivity index (χ2n) is 10.2. The van der Waals surface area contributed by atoms with Crippen molar-refractivity contribution in [1.82, 2.24) is 14.9 Å². The minimum atomic E-state index is -0.217. The van der Waals surface area contributed by atoms with Crippen LogP contribution in [-0.2, 0) is 18.7 Å². The van der Waals surface area contributed by atoms with Gasteiger partial charge in [-0.1, -0.05) is 30.3 Å². The van der Waals surface area contributed by atoms with Crippen LogP contribution < -0.4 is 10.1 Å². The Morgan fingerprint density at radius 2 is 1.87 bits per heavy atom. The van der Waals surface area contributed by atoms with Gasteiger partial charge in [0.2, 0.25) is 0 Å². The Bertz CT molecular complexity index is 1450. The number of nitrogens with one attached hydrogen (secondary N) is 1. The van der Waals surface area contributed by atoms with Crippen molar-refractivity contribution in [3.8, 4) is 5.75 Å². The molecule has 2 aliphatic rings.